The van der Waals surface area contributed by atoms with Gasteiger partial charge in [-0.2, -0.15) is 0 Å². The SMILES string of the molecule is C=CCON=C(CCC(=O)OCC)c1nc2ccccc2n([C@H]2C[C@H]3CCC[C@@H](C2)N3C2CC3CCCC(C3)C2)c1=O. The van der Waals surface area contributed by atoms with Gasteiger partial charge in [-0.15, -0.1) is 0 Å². The summed E-state index contributed by atoms with van der Waals surface area (Å²) >= 11 is 0. The number of fused-ring (bicyclic) bond motifs is 5. The standard InChI is InChI=1S/C34H46N4O4/c1-3-17-42-36-30(15-16-32(39)41-4-2)33-34(40)38(31-14-6-5-13-29(31)35-33)28-21-25-11-8-12-26(22-28)37(25)27-19-23-9-7-10-24(18-23)20-27/h3,5-6,13-14,23-28H,1,4,7-12,15-22H2,2H3/t23?,24?,25-,26+,27?,28+. The summed E-state index contributed by atoms with van der Waals surface area (Å²) in [7, 11) is 0. The fourth-order valence-corrected chi connectivity index (χ4v) is 8.67. The summed E-state index contributed by atoms with van der Waals surface area (Å²) < 4.78 is 7.14. The molecule has 226 valence electrons. The number of ether oxygens (including phenoxy) is 1. The zero-order valence-corrected chi connectivity index (χ0v) is 25.1. The number of benzene rings is 1. The van der Waals surface area contributed by atoms with Gasteiger partial charge in [0.25, 0.3) is 5.56 Å². The second-order valence-corrected chi connectivity index (χ2v) is 12.9. The van der Waals surface area contributed by atoms with E-state index in [0.29, 0.717) is 30.4 Å². The molecule has 0 spiro atoms. The molecule has 1 aromatic heterocycles. The van der Waals surface area contributed by atoms with Crippen LogP contribution in [0.25, 0.3) is 11.0 Å². The van der Waals surface area contributed by atoms with Gasteiger partial charge in [0, 0.05) is 30.6 Å². The average molecular weight is 575 g/mol. The number of hydrogen-bond acceptors (Lipinski definition) is 7. The van der Waals surface area contributed by atoms with Crippen LogP contribution in [0.1, 0.15) is 102 Å². The zero-order valence-electron chi connectivity index (χ0n) is 25.1. The third-order valence-corrected chi connectivity index (χ3v) is 10.2. The molecule has 3 heterocycles. The lowest BCUT2D eigenvalue weighted by atomic mass is 9.68. The number of oxime groups is 1. The van der Waals surface area contributed by atoms with Crippen molar-refractivity contribution in [2.75, 3.05) is 13.2 Å². The maximum Gasteiger partial charge on any atom is 0.306 e. The number of rotatable bonds is 10. The summed E-state index contributed by atoms with van der Waals surface area (Å²) in [4.78, 5) is 39.8. The maximum atomic E-state index is 14.4. The topological polar surface area (TPSA) is 86.0 Å². The first-order chi connectivity index (χ1) is 20.6. The van der Waals surface area contributed by atoms with E-state index < -0.39 is 0 Å². The van der Waals surface area contributed by atoms with E-state index in [9.17, 15) is 9.59 Å². The number of aromatic nitrogens is 2. The number of hydrogen-bond donors (Lipinski definition) is 0. The van der Waals surface area contributed by atoms with E-state index in [1.807, 2.05) is 28.8 Å². The van der Waals surface area contributed by atoms with Crippen molar-refractivity contribution in [3.8, 4) is 0 Å². The van der Waals surface area contributed by atoms with Crippen molar-refractivity contribution in [1.29, 1.82) is 0 Å². The lowest BCUT2D eigenvalue weighted by molar-refractivity contribution is -0.142. The van der Waals surface area contributed by atoms with Gasteiger partial charge in [-0.05, 0) is 75.8 Å². The molecule has 0 amide bonds. The fraction of sp³-hybridized carbons (Fsp3) is 0.647. The van der Waals surface area contributed by atoms with Gasteiger partial charge in [-0.25, -0.2) is 4.98 Å². The van der Waals surface area contributed by atoms with E-state index in [0.717, 1.165) is 35.7 Å². The van der Waals surface area contributed by atoms with Crippen LogP contribution in [0.4, 0.5) is 0 Å². The quantitative estimate of drug-likeness (QED) is 0.111. The summed E-state index contributed by atoms with van der Waals surface area (Å²) in [6.07, 6.45) is 16.0. The summed E-state index contributed by atoms with van der Waals surface area (Å²) in [5.41, 5.74) is 2.11. The van der Waals surface area contributed by atoms with E-state index in [-0.39, 0.29) is 42.7 Å². The van der Waals surface area contributed by atoms with Gasteiger partial charge in [0.2, 0.25) is 0 Å². The molecular formula is C34H46N4O4. The molecule has 42 heavy (non-hydrogen) atoms. The molecule has 0 N–H and O–H groups in total. The zero-order chi connectivity index (χ0) is 29.1. The Balaban J connectivity index is 1.33. The highest BCUT2D eigenvalue weighted by atomic mass is 16.6. The number of carbonyl (C=O) groups is 1. The summed E-state index contributed by atoms with van der Waals surface area (Å²) in [6, 6.07) is 9.74. The van der Waals surface area contributed by atoms with Gasteiger partial charge >= 0.3 is 5.97 Å². The largest absolute Gasteiger partial charge is 0.466 e. The molecule has 6 rings (SSSR count). The Kier molecular flexibility index (Phi) is 9.08. The van der Waals surface area contributed by atoms with Gasteiger partial charge in [-0.1, -0.05) is 55.6 Å². The molecule has 4 aliphatic rings. The van der Waals surface area contributed by atoms with Crippen LogP contribution < -0.4 is 5.56 Å². The number of nitrogens with zero attached hydrogens (tertiary/aromatic N) is 4. The van der Waals surface area contributed by atoms with Crippen molar-refractivity contribution in [2.45, 2.75) is 115 Å². The molecule has 8 heteroatoms. The van der Waals surface area contributed by atoms with E-state index in [4.69, 9.17) is 14.6 Å². The van der Waals surface area contributed by atoms with Crippen molar-refractivity contribution in [2.24, 2.45) is 17.0 Å². The number of para-hydroxylation sites is 2. The van der Waals surface area contributed by atoms with Crippen molar-refractivity contribution in [3.63, 3.8) is 0 Å². The molecule has 2 saturated heterocycles. The minimum atomic E-state index is -0.331. The lowest BCUT2D eigenvalue weighted by Crippen LogP contribution is -2.58. The molecule has 0 radical (unpaired) electrons. The third kappa shape index (κ3) is 6.05. The number of carbonyl (C=O) groups excluding carboxylic acids is 1. The smallest absolute Gasteiger partial charge is 0.306 e. The van der Waals surface area contributed by atoms with Crippen LogP contribution in [0.5, 0.6) is 0 Å². The van der Waals surface area contributed by atoms with Crippen molar-refractivity contribution in [1.82, 2.24) is 14.5 Å². The second kappa shape index (κ2) is 13.1. The molecular weight excluding hydrogens is 528 g/mol. The Morgan fingerprint density at radius 1 is 0.976 bits per heavy atom. The molecule has 2 saturated carbocycles. The molecule has 2 aliphatic heterocycles. The average Bonchev–Trinajstić information content (AvgIpc) is 2.98. The summed E-state index contributed by atoms with van der Waals surface area (Å²) in [5, 5.41) is 4.28. The predicted octanol–water partition coefficient (Wildman–Crippen LogP) is 6.17. The van der Waals surface area contributed by atoms with Gasteiger partial charge in [0.15, 0.2) is 5.69 Å². The summed E-state index contributed by atoms with van der Waals surface area (Å²) in [6.45, 7) is 5.99. The Morgan fingerprint density at radius 3 is 2.40 bits per heavy atom. The van der Waals surface area contributed by atoms with Crippen LogP contribution in [0, 0.1) is 11.8 Å². The fourth-order valence-electron chi connectivity index (χ4n) is 8.67. The van der Waals surface area contributed by atoms with E-state index in [1.54, 1.807) is 13.0 Å². The van der Waals surface area contributed by atoms with Gasteiger partial charge in [0.1, 0.15) is 12.3 Å². The molecule has 2 aliphatic carbocycles. The molecule has 1 aromatic carbocycles. The Hall–Kier alpha value is -3.00. The Labute approximate surface area is 249 Å². The molecule has 2 aromatic rings. The van der Waals surface area contributed by atoms with Crippen molar-refractivity contribution >= 4 is 22.7 Å². The molecule has 4 bridgehead atoms. The highest BCUT2D eigenvalue weighted by Crippen LogP contribution is 2.47. The van der Waals surface area contributed by atoms with Crippen LogP contribution in [0.3, 0.4) is 0 Å². The molecule has 4 fully saturated rings. The highest BCUT2D eigenvalue weighted by Gasteiger charge is 2.45. The lowest BCUT2D eigenvalue weighted by Gasteiger charge is -2.55. The number of esters is 1. The Morgan fingerprint density at radius 2 is 1.69 bits per heavy atom. The molecule has 5 atom stereocenters. The van der Waals surface area contributed by atoms with Crippen LogP contribution in [0.2, 0.25) is 0 Å². The third-order valence-electron chi connectivity index (χ3n) is 10.2. The minimum absolute atomic E-state index is 0.0965. The molecule has 8 nitrogen and oxygen atoms in total. The Bertz CT molecular complexity index is 1340. The van der Waals surface area contributed by atoms with Crippen molar-refractivity contribution in [3.05, 3.63) is 53.0 Å². The molecule has 2 unspecified atom stereocenters. The minimum Gasteiger partial charge on any atom is -0.466 e. The van der Waals surface area contributed by atoms with Gasteiger partial charge < -0.3 is 14.1 Å². The first kappa shape index (κ1) is 29.1. The number of piperidine rings is 2. The highest BCUT2D eigenvalue weighted by molar-refractivity contribution is 6.00. The van der Waals surface area contributed by atoms with Crippen LogP contribution in [-0.2, 0) is 14.4 Å². The maximum absolute atomic E-state index is 14.4. The van der Waals surface area contributed by atoms with Crippen LogP contribution in [-0.4, -0.2) is 57.5 Å². The summed E-state index contributed by atoms with van der Waals surface area (Å²) in [5.74, 6) is 1.49. The first-order valence-corrected chi connectivity index (χ1v) is 16.3. The van der Waals surface area contributed by atoms with Gasteiger partial charge in [-0.3, -0.25) is 14.5 Å². The van der Waals surface area contributed by atoms with E-state index in [1.165, 1.54) is 57.8 Å². The monoisotopic (exact) mass is 574 g/mol. The normalized spacial score (nSPS) is 29.7. The van der Waals surface area contributed by atoms with E-state index >= 15 is 0 Å². The predicted molar refractivity (Wildman–Crippen MR) is 165 cm³/mol. The van der Waals surface area contributed by atoms with Crippen LogP contribution >= 0.6 is 0 Å². The first-order valence-electron chi connectivity index (χ1n) is 16.3. The second-order valence-electron chi connectivity index (χ2n) is 12.9. The van der Waals surface area contributed by atoms with Gasteiger partial charge in [0.05, 0.1) is 24.1 Å². The van der Waals surface area contributed by atoms with E-state index in [2.05, 4.69) is 16.6 Å². The van der Waals surface area contributed by atoms with Crippen molar-refractivity contribution < 1.29 is 14.4 Å². The van der Waals surface area contributed by atoms with Crippen LogP contribution in [0.15, 0.2) is 46.9 Å².